The average Bonchev–Trinajstić information content (AvgIpc) is 3.56. The predicted octanol–water partition coefficient (Wildman–Crippen LogP) is 6.30. The summed E-state index contributed by atoms with van der Waals surface area (Å²) in [7, 11) is 0. The fraction of sp³-hybridized carbons (Fsp3) is 0.207. The van der Waals surface area contributed by atoms with Crippen LogP contribution in [0.5, 0.6) is 11.5 Å². The summed E-state index contributed by atoms with van der Waals surface area (Å²) in [6, 6.07) is 16.9. The lowest BCUT2D eigenvalue weighted by Crippen LogP contribution is -2.29. The second-order valence-electron chi connectivity index (χ2n) is 9.24. The molecule has 38 heavy (non-hydrogen) atoms. The quantitative estimate of drug-likeness (QED) is 0.179. The summed E-state index contributed by atoms with van der Waals surface area (Å²) >= 11 is 7.43. The van der Waals surface area contributed by atoms with Gasteiger partial charge in [-0.05, 0) is 73.5 Å². The van der Waals surface area contributed by atoms with Gasteiger partial charge in [0.15, 0.2) is 5.13 Å². The number of thiazole rings is 1. The topological polar surface area (TPSA) is 89.0 Å². The van der Waals surface area contributed by atoms with Crippen LogP contribution in [0.15, 0.2) is 66.2 Å². The van der Waals surface area contributed by atoms with Crippen molar-refractivity contribution >= 4 is 55.7 Å². The van der Waals surface area contributed by atoms with Crippen LogP contribution in [-0.4, -0.2) is 34.5 Å². The third-order valence-electron chi connectivity index (χ3n) is 6.64. The number of anilines is 1. The third-order valence-corrected chi connectivity index (χ3v) is 7.90. The Hall–Kier alpha value is -3.88. The van der Waals surface area contributed by atoms with Gasteiger partial charge < -0.3 is 14.6 Å². The number of halogens is 1. The van der Waals surface area contributed by atoms with Crippen LogP contribution < -0.4 is 14.4 Å². The second-order valence-corrected chi connectivity index (χ2v) is 10.7. The van der Waals surface area contributed by atoms with Crippen molar-refractivity contribution in [2.75, 3.05) is 11.5 Å². The van der Waals surface area contributed by atoms with Crippen LogP contribution in [0, 0.1) is 0 Å². The summed E-state index contributed by atoms with van der Waals surface area (Å²) in [6.45, 7) is 4.31. The average molecular weight is 547 g/mol. The van der Waals surface area contributed by atoms with E-state index in [0.29, 0.717) is 45.6 Å². The van der Waals surface area contributed by atoms with Crippen molar-refractivity contribution in [3.63, 3.8) is 0 Å². The van der Waals surface area contributed by atoms with Crippen LogP contribution in [0.2, 0.25) is 5.02 Å². The maximum absolute atomic E-state index is 13.5. The molecule has 1 aromatic heterocycles. The molecule has 3 heterocycles. The zero-order chi connectivity index (χ0) is 26.6. The minimum Gasteiger partial charge on any atom is -0.507 e. The zero-order valence-electron chi connectivity index (χ0n) is 20.6. The van der Waals surface area contributed by atoms with Crippen molar-refractivity contribution in [2.45, 2.75) is 32.4 Å². The Kier molecular flexibility index (Phi) is 6.08. The van der Waals surface area contributed by atoms with E-state index in [1.807, 2.05) is 26.0 Å². The van der Waals surface area contributed by atoms with E-state index in [2.05, 4.69) is 4.98 Å². The number of ketones is 1. The molecule has 0 saturated carbocycles. The first-order chi connectivity index (χ1) is 18.3. The Bertz CT molecular complexity index is 1650. The van der Waals surface area contributed by atoms with Gasteiger partial charge in [0.2, 0.25) is 0 Å². The maximum atomic E-state index is 13.5. The number of carbonyl (C=O) groups is 2. The van der Waals surface area contributed by atoms with Crippen LogP contribution in [-0.2, 0) is 16.0 Å². The van der Waals surface area contributed by atoms with Gasteiger partial charge in [0.25, 0.3) is 5.78 Å². The molecule has 192 valence electrons. The molecule has 2 aliphatic heterocycles. The number of nitrogens with zero attached hydrogens (tertiary/aromatic N) is 2. The molecule has 1 N–H and O–H groups in total. The molecule has 2 unspecified atom stereocenters. The van der Waals surface area contributed by atoms with E-state index in [0.717, 1.165) is 16.0 Å². The Morgan fingerprint density at radius 3 is 2.84 bits per heavy atom. The fourth-order valence-electron chi connectivity index (χ4n) is 5.00. The molecule has 2 aliphatic rings. The van der Waals surface area contributed by atoms with Crippen LogP contribution in [0.4, 0.5) is 5.13 Å². The number of rotatable bonds is 5. The van der Waals surface area contributed by atoms with Crippen molar-refractivity contribution in [3.05, 3.63) is 87.9 Å². The number of fused-ring (bicyclic) bond motifs is 2. The van der Waals surface area contributed by atoms with Crippen molar-refractivity contribution in [3.8, 4) is 11.5 Å². The summed E-state index contributed by atoms with van der Waals surface area (Å²) in [5.41, 5.74) is 2.65. The number of hydrogen-bond acceptors (Lipinski definition) is 7. The molecule has 0 radical (unpaired) electrons. The van der Waals surface area contributed by atoms with Crippen molar-refractivity contribution in [2.24, 2.45) is 0 Å². The summed E-state index contributed by atoms with van der Waals surface area (Å²) in [4.78, 5) is 33.1. The Morgan fingerprint density at radius 2 is 2.03 bits per heavy atom. The van der Waals surface area contributed by atoms with E-state index in [4.69, 9.17) is 21.1 Å². The first kappa shape index (κ1) is 24.5. The molecule has 1 fully saturated rings. The molecule has 9 heteroatoms. The number of aromatic nitrogens is 1. The monoisotopic (exact) mass is 546 g/mol. The van der Waals surface area contributed by atoms with Gasteiger partial charge in [-0.3, -0.25) is 14.5 Å². The molecule has 0 spiro atoms. The number of Topliss-reactive ketones (excluding diaryl/α,β-unsaturated/α-hetero) is 1. The first-order valence-electron chi connectivity index (χ1n) is 12.2. The lowest BCUT2D eigenvalue weighted by Gasteiger charge is -2.23. The van der Waals surface area contributed by atoms with Gasteiger partial charge in [-0.25, -0.2) is 4.98 Å². The zero-order valence-corrected chi connectivity index (χ0v) is 22.2. The van der Waals surface area contributed by atoms with Gasteiger partial charge >= 0.3 is 5.91 Å². The van der Waals surface area contributed by atoms with Crippen LogP contribution >= 0.6 is 22.9 Å². The molecule has 0 aliphatic carbocycles. The molecule has 7 nitrogen and oxygen atoms in total. The number of ether oxygens (including phenoxy) is 2. The van der Waals surface area contributed by atoms with Gasteiger partial charge in [-0.15, -0.1) is 0 Å². The Morgan fingerprint density at radius 1 is 1.18 bits per heavy atom. The van der Waals surface area contributed by atoms with E-state index in [1.54, 1.807) is 48.5 Å². The smallest absolute Gasteiger partial charge is 0.301 e. The normalized spacial score (nSPS) is 20.1. The van der Waals surface area contributed by atoms with Gasteiger partial charge in [-0.2, -0.15) is 0 Å². The highest BCUT2D eigenvalue weighted by Gasteiger charge is 2.48. The van der Waals surface area contributed by atoms with Crippen LogP contribution in [0.25, 0.3) is 16.0 Å². The maximum Gasteiger partial charge on any atom is 0.301 e. The lowest BCUT2D eigenvalue weighted by molar-refractivity contribution is -0.132. The molecule has 1 saturated heterocycles. The van der Waals surface area contributed by atoms with E-state index >= 15 is 0 Å². The highest BCUT2D eigenvalue weighted by molar-refractivity contribution is 7.22. The third kappa shape index (κ3) is 4.10. The van der Waals surface area contributed by atoms with Crippen molar-refractivity contribution < 1.29 is 24.2 Å². The highest BCUT2D eigenvalue weighted by Crippen LogP contribution is 2.45. The van der Waals surface area contributed by atoms with Crippen LogP contribution in [0.3, 0.4) is 0 Å². The number of hydrogen-bond donors (Lipinski definition) is 1. The molecule has 3 aromatic carbocycles. The number of amides is 1. The van der Waals surface area contributed by atoms with E-state index in [-0.39, 0.29) is 17.4 Å². The van der Waals surface area contributed by atoms with E-state index in [1.165, 1.54) is 16.2 Å². The summed E-state index contributed by atoms with van der Waals surface area (Å²) in [6.07, 6.45) is 0.723. The summed E-state index contributed by atoms with van der Waals surface area (Å²) in [5.74, 6) is -0.443. The molecular formula is C29H23ClN2O5S. The fourth-order valence-corrected chi connectivity index (χ4v) is 6.27. The lowest BCUT2D eigenvalue weighted by atomic mass is 9.94. The van der Waals surface area contributed by atoms with Gasteiger partial charge in [0.1, 0.15) is 23.4 Å². The minimum absolute atomic E-state index is 0.00662. The largest absolute Gasteiger partial charge is 0.507 e. The predicted molar refractivity (Wildman–Crippen MR) is 147 cm³/mol. The van der Waals surface area contributed by atoms with Gasteiger partial charge in [-0.1, -0.05) is 35.1 Å². The number of benzene rings is 3. The number of aliphatic hydroxyl groups is 1. The SMILES string of the molecule is CCOc1cccc(C2/C(=C(/O)c3ccc4c(c3)CC(C)O4)C(=O)C(=O)N2c2nc3ccc(Cl)cc3s2)c1. The van der Waals surface area contributed by atoms with E-state index < -0.39 is 17.7 Å². The summed E-state index contributed by atoms with van der Waals surface area (Å²) < 4.78 is 12.3. The van der Waals surface area contributed by atoms with Crippen molar-refractivity contribution in [1.82, 2.24) is 4.98 Å². The molecule has 2 atom stereocenters. The van der Waals surface area contributed by atoms with Crippen molar-refractivity contribution in [1.29, 1.82) is 0 Å². The highest BCUT2D eigenvalue weighted by atomic mass is 35.5. The van der Waals surface area contributed by atoms with Crippen LogP contribution in [0.1, 0.15) is 36.6 Å². The Labute approximate surface area is 227 Å². The molecule has 4 aromatic rings. The minimum atomic E-state index is -0.908. The first-order valence-corrected chi connectivity index (χ1v) is 13.4. The molecular weight excluding hydrogens is 524 g/mol. The van der Waals surface area contributed by atoms with Gasteiger partial charge in [0, 0.05) is 17.0 Å². The molecule has 0 bridgehead atoms. The van der Waals surface area contributed by atoms with Gasteiger partial charge in [0.05, 0.1) is 28.4 Å². The molecule has 1 amide bonds. The van der Waals surface area contributed by atoms with E-state index in [9.17, 15) is 14.7 Å². The number of carbonyl (C=O) groups excluding carboxylic acids is 2. The molecule has 6 rings (SSSR count). The number of aliphatic hydroxyl groups excluding tert-OH is 1. The summed E-state index contributed by atoms with van der Waals surface area (Å²) in [5, 5.41) is 12.4. The Balaban J connectivity index is 1.54. The standard InChI is InChI=1S/C29H23ClN2O5S/c1-3-36-20-6-4-5-16(13-20)25-24(26(33)17-7-10-22-18(12-17)11-15(2)37-22)27(34)28(35)32(25)29-31-21-9-8-19(30)14-23(21)38-29/h4-10,12-15,25,33H,3,11H2,1-2H3/b26-24-. The second kappa shape index (κ2) is 9.45.